The Morgan fingerprint density at radius 3 is 2.67 bits per heavy atom. The van der Waals surface area contributed by atoms with Crippen LogP contribution < -0.4 is 15.9 Å². The second-order valence-electron chi connectivity index (χ2n) is 12.0. The number of hydrogen-bond acceptors (Lipinski definition) is 8. The second kappa shape index (κ2) is 11.2. The molecule has 6 rings (SSSR count). The van der Waals surface area contributed by atoms with Crippen molar-refractivity contribution in [2.75, 3.05) is 32.2 Å². The Balaban J connectivity index is 1.29. The number of amides is 2. The van der Waals surface area contributed by atoms with E-state index in [2.05, 4.69) is 22.2 Å². The van der Waals surface area contributed by atoms with Crippen LogP contribution in [0.15, 0.2) is 70.3 Å². The first kappa shape index (κ1) is 30.6. The number of methoxy groups -OCH3 is 1. The molecule has 2 saturated heterocycles. The molecule has 236 valence electrons. The van der Waals surface area contributed by atoms with Crippen LogP contribution in [0.1, 0.15) is 48.2 Å². The molecule has 2 amide bonds. The monoisotopic (exact) mass is 624 g/mol. The summed E-state index contributed by atoms with van der Waals surface area (Å²) in [6.07, 6.45) is 2.94. The maximum Gasteiger partial charge on any atom is 0.416 e. The molecule has 3 N–H and O–H groups in total. The van der Waals surface area contributed by atoms with Crippen LogP contribution >= 0.6 is 0 Å². The van der Waals surface area contributed by atoms with Crippen molar-refractivity contribution in [1.29, 1.82) is 0 Å². The van der Waals surface area contributed by atoms with Gasteiger partial charge in [0.05, 0.1) is 43.7 Å². The predicted molar refractivity (Wildman–Crippen MR) is 159 cm³/mol. The van der Waals surface area contributed by atoms with Gasteiger partial charge in [-0.15, -0.1) is 4.59 Å². The molecule has 45 heavy (non-hydrogen) atoms. The van der Waals surface area contributed by atoms with Crippen molar-refractivity contribution in [1.82, 2.24) is 9.88 Å². The van der Waals surface area contributed by atoms with Gasteiger partial charge in [-0.1, -0.05) is 0 Å². The Morgan fingerprint density at radius 1 is 1.20 bits per heavy atom. The smallest absolute Gasteiger partial charge is 0.416 e. The molecule has 14 heteroatoms. The van der Waals surface area contributed by atoms with Crippen molar-refractivity contribution in [2.45, 2.75) is 38.9 Å². The van der Waals surface area contributed by atoms with Gasteiger partial charge in [-0.05, 0) is 57.0 Å². The van der Waals surface area contributed by atoms with E-state index in [1.165, 1.54) is 19.2 Å². The van der Waals surface area contributed by atoms with Crippen LogP contribution in [0.5, 0.6) is 5.75 Å². The van der Waals surface area contributed by atoms with Gasteiger partial charge in [-0.2, -0.15) is 24.0 Å². The number of aromatic nitrogens is 1. The average molecular weight is 625 g/mol. The van der Waals surface area contributed by atoms with Gasteiger partial charge in [0.2, 0.25) is 11.6 Å². The number of nitrogens with one attached hydrogen (secondary N) is 1. The van der Waals surface area contributed by atoms with E-state index in [-0.39, 0.29) is 39.6 Å². The molecule has 0 bridgehead atoms. The highest BCUT2D eigenvalue weighted by Crippen LogP contribution is 2.41. The summed E-state index contributed by atoms with van der Waals surface area (Å²) in [5, 5.41) is 2.41. The summed E-state index contributed by atoms with van der Waals surface area (Å²) in [6, 6.07) is 6.28. The lowest BCUT2D eigenvalue weighted by molar-refractivity contribution is -0.750. The molecule has 0 aliphatic carbocycles. The highest BCUT2D eigenvalue weighted by atomic mass is 19.4. The maximum atomic E-state index is 13.5. The molecule has 11 nitrogen and oxygen atoms in total. The zero-order valence-electron chi connectivity index (χ0n) is 25.0. The van der Waals surface area contributed by atoms with Gasteiger partial charge >= 0.3 is 6.18 Å². The maximum absolute atomic E-state index is 13.5. The number of fused-ring (bicyclic) bond motifs is 1. The number of pyridine rings is 1. The van der Waals surface area contributed by atoms with E-state index in [0.29, 0.717) is 36.9 Å². The second-order valence-corrected chi connectivity index (χ2v) is 12.0. The number of quaternary nitrogens is 1. The third kappa shape index (κ3) is 5.42. The number of carbonyl (C=O) groups is 2. The van der Waals surface area contributed by atoms with Gasteiger partial charge in [-0.3, -0.25) is 14.6 Å². The number of ether oxygens (including phenoxy) is 2. The number of amidine groups is 1. The fraction of sp³-hybridized carbons (Fsp3) is 0.387. The van der Waals surface area contributed by atoms with Crippen LogP contribution in [0.4, 0.5) is 19.0 Å². The number of alkyl halides is 3. The summed E-state index contributed by atoms with van der Waals surface area (Å²) < 4.78 is 50.1. The molecule has 5 heterocycles. The standard InChI is InChI=1S/C31H32F3N7O4/c1-18-4-5-20(15-40(18)29(43)30(2)16-45-17-30)26-23-14-36-10-11-41(23,35)27(39-26)22-7-6-19(12-24(22)44-3)28(42)38-25-13-21(8-9-37-25)31(32,33)34/h6-14,18,20H,4-5,15-17,35H2,1-3H3/p+1/t18-,20+,41?/m0/s1. The van der Waals surface area contributed by atoms with Crippen molar-refractivity contribution in [3.05, 3.63) is 77.0 Å². The Morgan fingerprint density at radius 2 is 1.98 bits per heavy atom. The molecule has 4 aliphatic rings. The largest absolute Gasteiger partial charge is 0.496 e. The van der Waals surface area contributed by atoms with Crippen molar-refractivity contribution >= 4 is 29.7 Å². The molecule has 2 fully saturated rings. The van der Waals surface area contributed by atoms with Gasteiger partial charge < -0.3 is 19.7 Å². The predicted octanol–water partition coefficient (Wildman–Crippen LogP) is 4.24. The summed E-state index contributed by atoms with van der Waals surface area (Å²) in [5.74, 6) is 6.74. The van der Waals surface area contributed by atoms with Gasteiger partial charge in [-0.25, -0.2) is 4.98 Å². The number of carbonyl (C=O) groups excluding carboxylic acids is 2. The number of benzene rings is 1. The van der Waals surface area contributed by atoms with Crippen molar-refractivity contribution in [2.24, 2.45) is 27.2 Å². The van der Waals surface area contributed by atoms with Crippen LogP contribution in [0.3, 0.4) is 0 Å². The highest BCUT2D eigenvalue weighted by molar-refractivity contribution is 6.07. The lowest BCUT2D eigenvalue weighted by Gasteiger charge is -2.45. The fourth-order valence-corrected chi connectivity index (χ4v) is 6.06. The van der Waals surface area contributed by atoms with E-state index in [9.17, 15) is 22.8 Å². The summed E-state index contributed by atoms with van der Waals surface area (Å²) in [6.45, 7) is 5.26. The van der Waals surface area contributed by atoms with Crippen LogP contribution in [0, 0.1) is 11.3 Å². The molecule has 0 saturated carbocycles. The van der Waals surface area contributed by atoms with Crippen LogP contribution in [-0.4, -0.2) is 71.3 Å². The molecule has 1 aromatic heterocycles. The first-order valence-electron chi connectivity index (χ1n) is 14.5. The third-order valence-electron chi connectivity index (χ3n) is 8.74. The van der Waals surface area contributed by atoms with Gasteiger partial charge in [0, 0.05) is 30.3 Å². The first-order valence-corrected chi connectivity index (χ1v) is 14.5. The third-order valence-corrected chi connectivity index (χ3v) is 8.74. The minimum Gasteiger partial charge on any atom is -0.496 e. The van der Waals surface area contributed by atoms with Crippen molar-refractivity contribution in [3.8, 4) is 5.75 Å². The number of nitrogens with two attached hydrogens (primary N) is 1. The van der Waals surface area contributed by atoms with E-state index in [1.807, 2.05) is 11.8 Å². The summed E-state index contributed by atoms with van der Waals surface area (Å²) in [7, 11) is 1.44. The summed E-state index contributed by atoms with van der Waals surface area (Å²) >= 11 is 0. The number of aliphatic imine (C=N–C) groups is 2. The number of piperidine rings is 1. The zero-order valence-corrected chi connectivity index (χ0v) is 25.0. The number of halogens is 3. The quantitative estimate of drug-likeness (QED) is 0.365. The normalized spacial score (nSPS) is 25.4. The minimum absolute atomic E-state index is 0.0697. The number of hydrogen-bond donors (Lipinski definition) is 2. The van der Waals surface area contributed by atoms with E-state index in [4.69, 9.17) is 20.3 Å². The topological polar surface area (TPSA) is 132 Å². The number of likely N-dealkylation sites (tertiary alicyclic amines) is 1. The summed E-state index contributed by atoms with van der Waals surface area (Å²) in [4.78, 5) is 41.6. The average Bonchev–Trinajstić information content (AvgIpc) is 3.31. The molecular formula is C31H33F3N7O4+. The number of anilines is 1. The van der Waals surface area contributed by atoms with Gasteiger partial charge in [0.25, 0.3) is 11.7 Å². The fourth-order valence-electron chi connectivity index (χ4n) is 6.06. The molecule has 2 aromatic rings. The van der Waals surface area contributed by atoms with Crippen LogP contribution in [0.2, 0.25) is 0 Å². The number of rotatable bonds is 6. The highest BCUT2D eigenvalue weighted by Gasteiger charge is 2.50. The first-order chi connectivity index (χ1) is 21.3. The van der Waals surface area contributed by atoms with E-state index < -0.39 is 23.1 Å². The van der Waals surface area contributed by atoms with E-state index >= 15 is 0 Å². The lowest BCUT2D eigenvalue weighted by Crippen LogP contribution is -2.57. The molecule has 3 atom stereocenters. The molecule has 4 aliphatic heterocycles. The van der Waals surface area contributed by atoms with Crippen molar-refractivity contribution < 1.29 is 36.8 Å². The molecular weight excluding hydrogens is 591 g/mol. The Hall–Kier alpha value is -4.40. The van der Waals surface area contributed by atoms with Gasteiger partial charge in [0.15, 0.2) is 0 Å². The Kier molecular flexibility index (Phi) is 7.62. The Bertz CT molecular complexity index is 1680. The SMILES string of the molecule is COc1cc(C(=O)Nc2cc(C(F)(F)F)ccn2)ccc1C1=NC([C@@H]2CC[C@H](C)N(C(=O)C3(C)COC3)C2)=C2C=NC=C[N+]12N. The van der Waals surface area contributed by atoms with Crippen LogP contribution in [0.25, 0.3) is 0 Å². The van der Waals surface area contributed by atoms with Gasteiger partial charge in [0.1, 0.15) is 29.0 Å². The molecule has 0 spiro atoms. The lowest BCUT2D eigenvalue weighted by atomic mass is 9.83. The summed E-state index contributed by atoms with van der Waals surface area (Å²) in [5.41, 5.74) is 0.569. The van der Waals surface area contributed by atoms with E-state index in [0.717, 1.165) is 36.9 Å². The number of nitrogens with zero attached hydrogens (tertiary/aromatic N) is 5. The van der Waals surface area contributed by atoms with Crippen LogP contribution in [-0.2, 0) is 15.7 Å². The molecule has 1 unspecified atom stereocenters. The van der Waals surface area contributed by atoms with Crippen molar-refractivity contribution in [3.63, 3.8) is 0 Å². The zero-order chi connectivity index (χ0) is 32.1. The minimum atomic E-state index is -4.58. The molecule has 0 radical (unpaired) electrons. The molecule has 1 aromatic carbocycles. The Labute approximate surface area is 257 Å². The van der Waals surface area contributed by atoms with E-state index in [1.54, 1.807) is 24.7 Å². The number of allylic oxidation sites excluding steroid dienone is 1.